The van der Waals surface area contributed by atoms with Crippen LogP contribution in [0.2, 0.25) is 0 Å². The van der Waals surface area contributed by atoms with Gasteiger partial charge in [0.05, 0.1) is 4.92 Å². The second-order valence-electron chi connectivity index (χ2n) is 2.19. The molecule has 0 amide bonds. The summed E-state index contributed by atoms with van der Waals surface area (Å²) in [4.78, 5) is 9.94. The zero-order valence-corrected chi connectivity index (χ0v) is 9.46. The lowest BCUT2D eigenvalue weighted by atomic mass is 10.2. The van der Waals surface area contributed by atoms with Crippen molar-refractivity contribution in [3.8, 4) is 0 Å². The summed E-state index contributed by atoms with van der Waals surface area (Å²) in [5, 5.41) is 10.3. The first-order valence-electron chi connectivity index (χ1n) is 4.02. The number of hydrogen-bond donors (Lipinski definition) is 0. The number of nitro benzene ring substituents is 1. The Hall–Kier alpha value is -0.900. The van der Waals surface area contributed by atoms with E-state index >= 15 is 0 Å². The van der Waals surface area contributed by atoms with E-state index in [4.69, 9.17) is 0 Å². The van der Waals surface area contributed by atoms with E-state index in [2.05, 4.69) is 15.9 Å². The fourth-order valence-corrected chi connectivity index (χ4v) is 1.30. The molecule has 1 aromatic rings. The summed E-state index contributed by atoms with van der Waals surface area (Å²) < 4.78 is 0.862. The molecule has 3 nitrogen and oxygen atoms in total. The van der Waals surface area contributed by atoms with E-state index < -0.39 is 0 Å². The number of hydrogen-bond acceptors (Lipinski definition) is 2. The Morgan fingerprint density at radius 2 is 1.92 bits per heavy atom. The van der Waals surface area contributed by atoms with Crippen molar-refractivity contribution in [1.29, 1.82) is 0 Å². The van der Waals surface area contributed by atoms with Gasteiger partial charge >= 0.3 is 0 Å². The minimum Gasteiger partial charge on any atom is -0.258 e. The summed E-state index contributed by atoms with van der Waals surface area (Å²) in [5.74, 6) is 0. The summed E-state index contributed by atoms with van der Waals surface area (Å²) in [6.45, 7) is 5.71. The molecule has 0 N–H and O–H groups in total. The van der Waals surface area contributed by atoms with E-state index in [9.17, 15) is 10.1 Å². The molecular formula is C9H12BrNO2. The number of halogens is 1. The predicted octanol–water partition coefficient (Wildman–Crippen LogP) is 3.69. The fourth-order valence-electron chi connectivity index (χ4n) is 0.824. The van der Waals surface area contributed by atoms with Crippen molar-refractivity contribution in [2.24, 2.45) is 0 Å². The third-order valence-electron chi connectivity index (χ3n) is 1.36. The van der Waals surface area contributed by atoms with E-state index in [1.807, 2.05) is 13.8 Å². The standard InChI is InChI=1S/C7H6BrNO2.C2H6/c1-5-4-6(8)2-3-7(5)9(10)11;1-2/h2-4H,1H3;1-2H3. The molecule has 0 aromatic heterocycles. The van der Waals surface area contributed by atoms with Gasteiger partial charge in [0.2, 0.25) is 0 Å². The molecule has 1 rings (SSSR count). The summed E-state index contributed by atoms with van der Waals surface area (Å²) in [6.07, 6.45) is 0. The summed E-state index contributed by atoms with van der Waals surface area (Å²) in [6, 6.07) is 4.86. The number of aryl methyl sites for hydroxylation is 1. The van der Waals surface area contributed by atoms with Crippen LogP contribution in [0, 0.1) is 17.0 Å². The first kappa shape index (κ1) is 12.1. The van der Waals surface area contributed by atoms with Crippen LogP contribution in [-0.4, -0.2) is 4.92 Å². The molecule has 0 aliphatic rings. The second kappa shape index (κ2) is 5.70. The predicted molar refractivity (Wildman–Crippen MR) is 56.9 cm³/mol. The van der Waals surface area contributed by atoms with Gasteiger partial charge in [0.1, 0.15) is 0 Å². The van der Waals surface area contributed by atoms with Crippen LogP contribution in [-0.2, 0) is 0 Å². The Morgan fingerprint density at radius 3 is 2.31 bits per heavy atom. The van der Waals surface area contributed by atoms with E-state index in [1.165, 1.54) is 6.07 Å². The van der Waals surface area contributed by atoms with Gasteiger partial charge < -0.3 is 0 Å². The second-order valence-corrected chi connectivity index (χ2v) is 3.10. The Bertz CT molecular complexity index is 300. The molecule has 0 fully saturated rings. The van der Waals surface area contributed by atoms with Gasteiger partial charge in [-0.1, -0.05) is 29.8 Å². The molecule has 0 heterocycles. The number of benzene rings is 1. The first-order valence-corrected chi connectivity index (χ1v) is 4.81. The van der Waals surface area contributed by atoms with Crippen molar-refractivity contribution in [3.63, 3.8) is 0 Å². The minimum absolute atomic E-state index is 0.160. The highest BCUT2D eigenvalue weighted by Crippen LogP contribution is 2.21. The molecule has 72 valence electrons. The molecule has 0 saturated heterocycles. The van der Waals surface area contributed by atoms with Crippen LogP contribution in [0.4, 0.5) is 5.69 Å². The zero-order chi connectivity index (χ0) is 10.4. The van der Waals surface area contributed by atoms with E-state index in [0.717, 1.165) is 4.47 Å². The van der Waals surface area contributed by atoms with Crippen LogP contribution >= 0.6 is 15.9 Å². The molecule has 0 atom stereocenters. The van der Waals surface area contributed by atoms with Gasteiger partial charge in [-0.05, 0) is 19.1 Å². The monoisotopic (exact) mass is 245 g/mol. The number of rotatable bonds is 1. The normalized spacial score (nSPS) is 8.62. The molecule has 0 unspecified atom stereocenters. The average molecular weight is 246 g/mol. The molecule has 0 aliphatic heterocycles. The Morgan fingerprint density at radius 1 is 1.38 bits per heavy atom. The molecule has 0 bridgehead atoms. The molecule has 0 saturated carbocycles. The lowest BCUT2D eigenvalue weighted by Crippen LogP contribution is -1.90. The van der Waals surface area contributed by atoms with Gasteiger partial charge in [-0.2, -0.15) is 0 Å². The van der Waals surface area contributed by atoms with Crippen molar-refractivity contribution in [1.82, 2.24) is 0 Å². The maximum Gasteiger partial charge on any atom is 0.272 e. The van der Waals surface area contributed by atoms with E-state index in [-0.39, 0.29) is 10.6 Å². The zero-order valence-electron chi connectivity index (χ0n) is 7.87. The highest BCUT2D eigenvalue weighted by molar-refractivity contribution is 9.10. The molecule has 0 spiro atoms. The molecule has 0 radical (unpaired) electrons. The van der Waals surface area contributed by atoms with E-state index in [1.54, 1.807) is 19.1 Å². The van der Waals surface area contributed by atoms with Crippen LogP contribution in [0.25, 0.3) is 0 Å². The van der Waals surface area contributed by atoms with Crippen molar-refractivity contribution in [3.05, 3.63) is 38.3 Å². The summed E-state index contributed by atoms with van der Waals surface area (Å²) in [5.41, 5.74) is 0.831. The maximum atomic E-state index is 10.3. The van der Waals surface area contributed by atoms with Gasteiger partial charge in [-0.15, -0.1) is 0 Å². The first-order chi connectivity index (χ1) is 6.11. The van der Waals surface area contributed by atoms with Crippen LogP contribution < -0.4 is 0 Å². The van der Waals surface area contributed by atoms with E-state index in [0.29, 0.717) is 5.56 Å². The van der Waals surface area contributed by atoms with Gasteiger partial charge in [-0.3, -0.25) is 10.1 Å². The minimum atomic E-state index is -0.387. The van der Waals surface area contributed by atoms with Crippen LogP contribution in [0.15, 0.2) is 22.7 Å². The summed E-state index contributed by atoms with van der Waals surface area (Å²) in [7, 11) is 0. The van der Waals surface area contributed by atoms with Crippen molar-refractivity contribution < 1.29 is 4.92 Å². The number of nitro groups is 1. The SMILES string of the molecule is CC.Cc1cc(Br)ccc1[N+](=O)[O-]. The van der Waals surface area contributed by atoms with Crippen LogP contribution in [0.3, 0.4) is 0 Å². The molecule has 13 heavy (non-hydrogen) atoms. The average Bonchev–Trinajstić information content (AvgIpc) is 2.07. The molecule has 4 heteroatoms. The van der Waals surface area contributed by atoms with Crippen LogP contribution in [0.1, 0.15) is 19.4 Å². The third kappa shape index (κ3) is 3.55. The van der Waals surface area contributed by atoms with Gasteiger partial charge in [0.15, 0.2) is 0 Å². The fraction of sp³-hybridized carbons (Fsp3) is 0.333. The van der Waals surface area contributed by atoms with Gasteiger partial charge in [0.25, 0.3) is 5.69 Å². The van der Waals surface area contributed by atoms with Crippen LogP contribution in [0.5, 0.6) is 0 Å². The van der Waals surface area contributed by atoms with Crippen molar-refractivity contribution >= 4 is 21.6 Å². The smallest absolute Gasteiger partial charge is 0.258 e. The Labute approximate surface area is 86.1 Å². The lowest BCUT2D eigenvalue weighted by Gasteiger charge is -1.95. The van der Waals surface area contributed by atoms with Gasteiger partial charge in [-0.25, -0.2) is 0 Å². The quantitative estimate of drug-likeness (QED) is 0.560. The topological polar surface area (TPSA) is 43.1 Å². The highest BCUT2D eigenvalue weighted by atomic mass is 79.9. The largest absolute Gasteiger partial charge is 0.272 e. The summed E-state index contributed by atoms with van der Waals surface area (Å²) >= 11 is 3.22. The molecule has 0 aliphatic carbocycles. The van der Waals surface area contributed by atoms with Crippen molar-refractivity contribution in [2.45, 2.75) is 20.8 Å². The highest BCUT2D eigenvalue weighted by Gasteiger charge is 2.08. The Balaban J connectivity index is 0.000000671. The third-order valence-corrected chi connectivity index (χ3v) is 1.85. The molecule has 1 aromatic carbocycles. The Kier molecular flexibility index (Phi) is 5.30. The van der Waals surface area contributed by atoms with Gasteiger partial charge in [0, 0.05) is 16.1 Å². The molecular weight excluding hydrogens is 234 g/mol. The van der Waals surface area contributed by atoms with Crippen molar-refractivity contribution in [2.75, 3.05) is 0 Å². The lowest BCUT2D eigenvalue weighted by molar-refractivity contribution is -0.385. The number of nitrogens with zero attached hydrogens (tertiary/aromatic N) is 1. The maximum absolute atomic E-state index is 10.3.